The van der Waals surface area contributed by atoms with E-state index in [1.54, 1.807) is 10.4 Å². The molecule has 1 N–H and O–H groups in total. The Bertz CT molecular complexity index is 547. The van der Waals surface area contributed by atoms with Crippen LogP contribution in [0.1, 0.15) is 57.9 Å². The minimum absolute atomic E-state index is 0.430. The molecule has 20 heavy (non-hydrogen) atoms. The molecule has 0 radical (unpaired) electrons. The van der Waals surface area contributed by atoms with Gasteiger partial charge in [0.25, 0.3) is 0 Å². The van der Waals surface area contributed by atoms with Crippen LogP contribution in [0.3, 0.4) is 0 Å². The number of aryl methyl sites for hydroxylation is 3. The van der Waals surface area contributed by atoms with E-state index < -0.39 is 0 Å². The molecule has 2 nitrogen and oxygen atoms in total. The third-order valence-electron chi connectivity index (χ3n) is 3.95. The lowest BCUT2D eigenvalue weighted by atomic mass is 9.99. The maximum absolute atomic E-state index is 4.48. The largest absolute Gasteiger partial charge is 0.303 e. The number of nitrogens with zero attached hydrogens (tertiary/aromatic N) is 1. The number of thiophene rings is 1. The average molecular weight is 307 g/mol. The standard InChI is InChI=1S/C16H22N2S2/c1-3-13-9-18-16(19-13)10-17-11(2)15-8-12-6-4-5-7-14(12)20-15/h8-9,11,17H,3-7,10H2,1-2H3. The summed E-state index contributed by atoms with van der Waals surface area (Å²) in [4.78, 5) is 8.97. The second-order valence-corrected chi connectivity index (χ2v) is 7.85. The molecular formula is C16H22N2S2. The van der Waals surface area contributed by atoms with Gasteiger partial charge in [0.05, 0.1) is 0 Å². The monoisotopic (exact) mass is 306 g/mol. The Morgan fingerprint density at radius 1 is 1.30 bits per heavy atom. The van der Waals surface area contributed by atoms with Crippen molar-refractivity contribution in [1.29, 1.82) is 0 Å². The first-order valence-electron chi connectivity index (χ1n) is 7.54. The van der Waals surface area contributed by atoms with E-state index in [0.717, 1.165) is 13.0 Å². The molecule has 0 saturated heterocycles. The van der Waals surface area contributed by atoms with Gasteiger partial charge < -0.3 is 5.32 Å². The normalized spacial score (nSPS) is 16.1. The minimum atomic E-state index is 0.430. The molecule has 0 fully saturated rings. The number of fused-ring (bicyclic) bond motifs is 1. The van der Waals surface area contributed by atoms with Crippen LogP contribution in [0, 0.1) is 0 Å². The predicted molar refractivity (Wildman–Crippen MR) is 87.7 cm³/mol. The molecule has 0 spiro atoms. The zero-order chi connectivity index (χ0) is 13.9. The highest BCUT2D eigenvalue weighted by Crippen LogP contribution is 2.32. The maximum atomic E-state index is 4.48. The predicted octanol–water partition coefficient (Wildman–Crippen LogP) is 4.50. The van der Waals surface area contributed by atoms with Crippen LogP contribution in [0.2, 0.25) is 0 Å². The molecule has 1 aliphatic rings. The van der Waals surface area contributed by atoms with E-state index in [9.17, 15) is 0 Å². The van der Waals surface area contributed by atoms with Crippen LogP contribution in [0.15, 0.2) is 12.3 Å². The molecule has 1 unspecified atom stereocenters. The van der Waals surface area contributed by atoms with Crippen molar-refractivity contribution in [3.8, 4) is 0 Å². The fourth-order valence-electron chi connectivity index (χ4n) is 2.66. The molecule has 2 aromatic rings. The molecule has 0 saturated carbocycles. The molecule has 2 aromatic heterocycles. The quantitative estimate of drug-likeness (QED) is 0.880. The number of aromatic nitrogens is 1. The third-order valence-corrected chi connectivity index (χ3v) is 6.51. The van der Waals surface area contributed by atoms with Crippen LogP contribution < -0.4 is 5.32 Å². The van der Waals surface area contributed by atoms with E-state index in [0.29, 0.717) is 6.04 Å². The highest BCUT2D eigenvalue weighted by Gasteiger charge is 2.16. The molecular weight excluding hydrogens is 284 g/mol. The van der Waals surface area contributed by atoms with E-state index in [4.69, 9.17) is 0 Å². The smallest absolute Gasteiger partial charge is 0.107 e. The zero-order valence-corrected chi connectivity index (χ0v) is 13.9. The average Bonchev–Trinajstić information content (AvgIpc) is 3.10. The lowest BCUT2D eigenvalue weighted by molar-refractivity contribution is 0.581. The Kier molecular flexibility index (Phi) is 4.54. The molecule has 0 bridgehead atoms. The Morgan fingerprint density at radius 2 is 2.15 bits per heavy atom. The van der Waals surface area contributed by atoms with Crippen molar-refractivity contribution in [3.63, 3.8) is 0 Å². The Hall–Kier alpha value is -0.710. The van der Waals surface area contributed by atoms with Gasteiger partial charge in [-0.05, 0) is 50.7 Å². The summed E-state index contributed by atoms with van der Waals surface area (Å²) >= 11 is 3.84. The zero-order valence-electron chi connectivity index (χ0n) is 12.2. The fraction of sp³-hybridized carbons (Fsp3) is 0.562. The number of nitrogens with one attached hydrogen (secondary N) is 1. The minimum Gasteiger partial charge on any atom is -0.303 e. The Balaban J connectivity index is 1.61. The molecule has 4 heteroatoms. The number of hydrogen-bond acceptors (Lipinski definition) is 4. The summed E-state index contributed by atoms with van der Waals surface area (Å²) in [5.74, 6) is 0. The van der Waals surface area contributed by atoms with Crippen LogP contribution in [-0.2, 0) is 25.8 Å². The summed E-state index contributed by atoms with van der Waals surface area (Å²) in [6, 6.07) is 2.86. The molecule has 1 aliphatic carbocycles. The van der Waals surface area contributed by atoms with Gasteiger partial charge in [0, 0.05) is 33.4 Å². The second-order valence-electron chi connectivity index (χ2n) is 5.48. The SMILES string of the molecule is CCc1cnc(CNC(C)c2cc3c(s2)CCCC3)s1. The fourth-order valence-corrected chi connectivity index (χ4v) is 4.76. The van der Waals surface area contributed by atoms with Gasteiger partial charge in [0.1, 0.15) is 5.01 Å². The van der Waals surface area contributed by atoms with Crippen molar-refractivity contribution in [2.45, 2.75) is 58.5 Å². The summed E-state index contributed by atoms with van der Waals surface area (Å²) in [5, 5.41) is 4.82. The van der Waals surface area contributed by atoms with E-state index >= 15 is 0 Å². The van der Waals surface area contributed by atoms with Crippen molar-refractivity contribution in [2.75, 3.05) is 0 Å². The van der Waals surface area contributed by atoms with Gasteiger partial charge in [-0.2, -0.15) is 0 Å². The summed E-state index contributed by atoms with van der Waals surface area (Å²) in [7, 11) is 0. The van der Waals surface area contributed by atoms with Crippen LogP contribution in [0.4, 0.5) is 0 Å². The molecule has 1 atom stereocenters. The molecule has 108 valence electrons. The third kappa shape index (κ3) is 3.13. The molecule has 0 amide bonds. The van der Waals surface area contributed by atoms with Crippen molar-refractivity contribution in [2.24, 2.45) is 0 Å². The van der Waals surface area contributed by atoms with Crippen molar-refractivity contribution in [1.82, 2.24) is 10.3 Å². The summed E-state index contributed by atoms with van der Waals surface area (Å²) < 4.78 is 0. The summed E-state index contributed by atoms with van der Waals surface area (Å²) in [6.07, 6.45) is 8.41. The number of hydrogen-bond donors (Lipinski definition) is 1. The lowest BCUT2D eigenvalue weighted by Gasteiger charge is -2.10. The van der Waals surface area contributed by atoms with Gasteiger partial charge >= 0.3 is 0 Å². The molecule has 2 heterocycles. The van der Waals surface area contributed by atoms with E-state index in [1.165, 1.54) is 40.4 Å². The van der Waals surface area contributed by atoms with Crippen LogP contribution in [0.25, 0.3) is 0 Å². The number of rotatable bonds is 5. The first-order valence-corrected chi connectivity index (χ1v) is 9.18. The van der Waals surface area contributed by atoms with Gasteiger partial charge in [-0.3, -0.25) is 0 Å². The van der Waals surface area contributed by atoms with Crippen molar-refractivity contribution in [3.05, 3.63) is 37.5 Å². The van der Waals surface area contributed by atoms with Crippen molar-refractivity contribution < 1.29 is 0 Å². The topological polar surface area (TPSA) is 24.9 Å². The van der Waals surface area contributed by atoms with Crippen LogP contribution in [-0.4, -0.2) is 4.98 Å². The van der Waals surface area contributed by atoms with Gasteiger partial charge in [-0.15, -0.1) is 22.7 Å². The van der Waals surface area contributed by atoms with E-state index in [-0.39, 0.29) is 0 Å². The van der Waals surface area contributed by atoms with Crippen molar-refractivity contribution >= 4 is 22.7 Å². The highest BCUT2D eigenvalue weighted by molar-refractivity contribution is 7.12. The summed E-state index contributed by atoms with van der Waals surface area (Å²) in [5.41, 5.74) is 1.60. The van der Waals surface area contributed by atoms with Gasteiger partial charge in [0.2, 0.25) is 0 Å². The Morgan fingerprint density at radius 3 is 2.90 bits per heavy atom. The first kappa shape index (κ1) is 14.2. The summed E-state index contributed by atoms with van der Waals surface area (Å²) in [6.45, 7) is 5.34. The first-order chi connectivity index (χ1) is 9.76. The Labute approximate surface area is 129 Å². The molecule has 0 aromatic carbocycles. The molecule has 0 aliphatic heterocycles. The van der Waals surface area contributed by atoms with Gasteiger partial charge in [-0.25, -0.2) is 4.98 Å². The highest BCUT2D eigenvalue weighted by atomic mass is 32.1. The number of thiazole rings is 1. The lowest BCUT2D eigenvalue weighted by Crippen LogP contribution is -2.16. The maximum Gasteiger partial charge on any atom is 0.107 e. The van der Waals surface area contributed by atoms with Crippen LogP contribution >= 0.6 is 22.7 Å². The molecule has 3 rings (SSSR count). The van der Waals surface area contributed by atoms with Crippen LogP contribution in [0.5, 0.6) is 0 Å². The van der Waals surface area contributed by atoms with Gasteiger partial charge in [-0.1, -0.05) is 6.92 Å². The van der Waals surface area contributed by atoms with E-state index in [1.807, 2.05) is 28.9 Å². The van der Waals surface area contributed by atoms with E-state index in [2.05, 4.69) is 30.2 Å². The second kappa shape index (κ2) is 6.37. The van der Waals surface area contributed by atoms with Gasteiger partial charge in [0.15, 0.2) is 0 Å².